The lowest BCUT2D eigenvalue weighted by molar-refractivity contribution is -0.128. The van der Waals surface area contributed by atoms with Crippen LogP contribution in [-0.2, 0) is 16.0 Å². The van der Waals surface area contributed by atoms with E-state index in [4.69, 9.17) is 5.73 Å². The van der Waals surface area contributed by atoms with Gasteiger partial charge in [-0.3, -0.25) is 9.59 Å². The maximum absolute atomic E-state index is 11.7. The molecular weight excluding hydrogens is 232 g/mol. The molecule has 18 heavy (non-hydrogen) atoms. The number of nitrogens with zero attached hydrogens (tertiary/aromatic N) is 1. The van der Waals surface area contributed by atoms with Crippen molar-refractivity contribution in [2.75, 3.05) is 13.1 Å². The first-order valence-electron chi connectivity index (χ1n) is 5.92. The third kappa shape index (κ3) is 2.61. The summed E-state index contributed by atoms with van der Waals surface area (Å²) in [6.45, 7) is 0.891. The minimum absolute atomic E-state index is 0.0470. The first-order chi connectivity index (χ1) is 8.58. The fraction of sp³-hybridized carbons (Fsp3) is 0.385. The number of amides is 2. The van der Waals surface area contributed by atoms with Gasteiger partial charge in [-0.1, -0.05) is 18.2 Å². The normalized spacial score (nSPS) is 19.2. The molecule has 1 aromatic carbocycles. The van der Waals surface area contributed by atoms with Gasteiger partial charge in [-0.15, -0.1) is 0 Å². The Morgan fingerprint density at radius 2 is 2.17 bits per heavy atom. The molecule has 5 nitrogen and oxygen atoms in total. The number of phenols is 1. The molecule has 0 saturated carbocycles. The molecule has 2 amide bonds. The average Bonchev–Trinajstić information content (AvgIpc) is 2.70. The van der Waals surface area contributed by atoms with Crippen molar-refractivity contribution >= 4 is 11.8 Å². The van der Waals surface area contributed by atoms with E-state index < -0.39 is 5.91 Å². The Labute approximate surface area is 105 Å². The van der Waals surface area contributed by atoms with Crippen molar-refractivity contribution in [1.82, 2.24) is 4.90 Å². The largest absolute Gasteiger partial charge is 0.508 e. The summed E-state index contributed by atoms with van der Waals surface area (Å²) in [5.74, 6) is -0.611. The molecule has 0 spiro atoms. The summed E-state index contributed by atoms with van der Waals surface area (Å²) in [5.41, 5.74) is 5.99. The summed E-state index contributed by atoms with van der Waals surface area (Å²) in [6, 6.07) is 7.03. The topological polar surface area (TPSA) is 83.6 Å². The van der Waals surface area contributed by atoms with Gasteiger partial charge < -0.3 is 15.7 Å². The molecule has 1 saturated heterocycles. The molecule has 0 aromatic heterocycles. The third-order valence-electron chi connectivity index (χ3n) is 3.26. The number of hydrogen-bond donors (Lipinski definition) is 2. The molecule has 1 aliphatic heterocycles. The first-order valence-corrected chi connectivity index (χ1v) is 5.92. The Hall–Kier alpha value is -2.04. The Bertz CT molecular complexity index is 473. The SMILES string of the molecule is NC(=O)C1CC(=O)N(CCc2ccccc2O)C1. The number of rotatable bonds is 4. The van der Waals surface area contributed by atoms with E-state index >= 15 is 0 Å². The number of nitrogens with two attached hydrogens (primary N) is 1. The first kappa shape index (κ1) is 12.4. The molecule has 0 aliphatic carbocycles. The molecule has 0 radical (unpaired) electrons. The second-order valence-corrected chi connectivity index (χ2v) is 4.52. The Kier molecular flexibility index (Phi) is 3.50. The zero-order chi connectivity index (χ0) is 13.1. The van der Waals surface area contributed by atoms with Crippen LogP contribution in [0.2, 0.25) is 0 Å². The van der Waals surface area contributed by atoms with Gasteiger partial charge in [0.2, 0.25) is 11.8 Å². The molecule has 2 rings (SSSR count). The molecule has 0 bridgehead atoms. The highest BCUT2D eigenvalue weighted by Crippen LogP contribution is 2.20. The highest BCUT2D eigenvalue weighted by atomic mass is 16.3. The molecule has 1 unspecified atom stereocenters. The van der Waals surface area contributed by atoms with Crippen LogP contribution in [0.1, 0.15) is 12.0 Å². The van der Waals surface area contributed by atoms with Gasteiger partial charge >= 0.3 is 0 Å². The Morgan fingerprint density at radius 1 is 1.44 bits per heavy atom. The maximum atomic E-state index is 11.7. The quantitative estimate of drug-likeness (QED) is 0.802. The van der Waals surface area contributed by atoms with E-state index in [1.165, 1.54) is 0 Å². The van der Waals surface area contributed by atoms with E-state index in [0.29, 0.717) is 19.5 Å². The predicted octanol–water partition coefficient (Wildman–Crippen LogP) is 0.268. The number of aromatic hydroxyl groups is 1. The molecule has 1 aliphatic rings. The standard InChI is InChI=1S/C13H16N2O3/c14-13(18)10-7-12(17)15(8-10)6-5-9-3-1-2-4-11(9)16/h1-4,10,16H,5-8H2,(H2,14,18). The van der Waals surface area contributed by atoms with E-state index in [1.54, 1.807) is 17.0 Å². The van der Waals surface area contributed by atoms with Crippen LogP contribution in [0.4, 0.5) is 0 Å². The molecule has 3 N–H and O–H groups in total. The van der Waals surface area contributed by atoms with Gasteiger partial charge in [-0.2, -0.15) is 0 Å². The summed E-state index contributed by atoms with van der Waals surface area (Å²) in [5, 5.41) is 9.61. The van der Waals surface area contributed by atoms with E-state index in [9.17, 15) is 14.7 Å². The van der Waals surface area contributed by atoms with Crippen LogP contribution in [0.15, 0.2) is 24.3 Å². The molecule has 5 heteroatoms. The van der Waals surface area contributed by atoms with Gasteiger partial charge in [0.05, 0.1) is 5.92 Å². The van der Waals surface area contributed by atoms with Crippen molar-refractivity contribution < 1.29 is 14.7 Å². The molecule has 1 aromatic rings. The number of carbonyl (C=O) groups is 2. The van der Waals surface area contributed by atoms with Gasteiger partial charge in [-0.25, -0.2) is 0 Å². The van der Waals surface area contributed by atoms with Crippen molar-refractivity contribution in [2.24, 2.45) is 11.7 Å². The van der Waals surface area contributed by atoms with Crippen LogP contribution in [0.25, 0.3) is 0 Å². The van der Waals surface area contributed by atoms with Crippen LogP contribution in [0, 0.1) is 5.92 Å². The summed E-state index contributed by atoms with van der Waals surface area (Å²) in [4.78, 5) is 24.3. The van der Waals surface area contributed by atoms with Crippen LogP contribution in [0.3, 0.4) is 0 Å². The average molecular weight is 248 g/mol. The van der Waals surface area contributed by atoms with Crippen molar-refractivity contribution in [3.05, 3.63) is 29.8 Å². The van der Waals surface area contributed by atoms with Gasteiger partial charge in [0.1, 0.15) is 5.75 Å². The fourth-order valence-corrected chi connectivity index (χ4v) is 2.16. The minimum atomic E-state index is -0.423. The number of phenolic OH excluding ortho intramolecular Hbond substituents is 1. The van der Waals surface area contributed by atoms with Crippen LogP contribution in [0.5, 0.6) is 5.75 Å². The monoisotopic (exact) mass is 248 g/mol. The molecule has 1 atom stereocenters. The smallest absolute Gasteiger partial charge is 0.223 e. The summed E-state index contributed by atoms with van der Waals surface area (Å²) >= 11 is 0. The van der Waals surface area contributed by atoms with E-state index in [-0.39, 0.29) is 24.0 Å². The van der Waals surface area contributed by atoms with E-state index in [2.05, 4.69) is 0 Å². The van der Waals surface area contributed by atoms with Crippen LogP contribution in [-0.4, -0.2) is 34.9 Å². The van der Waals surface area contributed by atoms with Gasteiger partial charge in [0.15, 0.2) is 0 Å². The van der Waals surface area contributed by atoms with Crippen molar-refractivity contribution in [1.29, 1.82) is 0 Å². The fourth-order valence-electron chi connectivity index (χ4n) is 2.16. The van der Waals surface area contributed by atoms with Crippen molar-refractivity contribution in [2.45, 2.75) is 12.8 Å². The highest BCUT2D eigenvalue weighted by molar-refractivity contribution is 5.88. The lowest BCUT2D eigenvalue weighted by Crippen LogP contribution is -2.30. The lowest BCUT2D eigenvalue weighted by Gasteiger charge is -2.16. The second kappa shape index (κ2) is 5.08. The summed E-state index contributed by atoms with van der Waals surface area (Å²) in [6.07, 6.45) is 0.778. The highest BCUT2D eigenvalue weighted by Gasteiger charge is 2.32. The Balaban J connectivity index is 1.93. The van der Waals surface area contributed by atoms with E-state index in [1.807, 2.05) is 12.1 Å². The number of benzene rings is 1. The van der Waals surface area contributed by atoms with Crippen molar-refractivity contribution in [3.8, 4) is 5.75 Å². The van der Waals surface area contributed by atoms with Gasteiger partial charge in [0.25, 0.3) is 0 Å². The second-order valence-electron chi connectivity index (χ2n) is 4.52. The number of primary amides is 1. The summed E-state index contributed by atoms with van der Waals surface area (Å²) in [7, 11) is 0. The third-order valence-corrected chi connectivity index (χ3v) is 3.26. The molecule has 96 valence electrons. The number of para-hydroxylation sites is 1. The number of carbonyl (C=O) groups excluding carboxylic acids is 2. The van der Waals surface area contributed by atoms with Gasteiger partial charge in [-0.05, 0) is 18.1 Å². The zero-order valence-corrected chi connectivity index (χ0v) is 10.0. The van der Waals surface area contributed by atoms with E-state index in [0.717, 1.165) is 5.56 Å². The number of likely N-dealkylation sites (tertiary alicyclic amines) is 1. The van der Waals surface area contributed by atoms with Crippen LogP contribution >= 0.6 is 0 Å². The van der Waals surface area contributed by atoms with Gasteiger partial charge in [0, 0.05) is 19.5 Å². The Morgan fingerprint density at radius 3 is 2.78 bits per heavy atom. The molecule has 1 fully saturated rings. The maximum Gasteiger partial charge on any atom is 0.223 e. The lowest BCUT2D eigenvalue weighted by atomic mass is 10.1. The zero-order valence-electron chi connectivity index (χ0n) is 10.0. The van der Waals surface area contributed by atoms with Crippen molar-refractivity contribution in [3.63, 3.8) is 0 Å². The number of hydrogen-bond acceptors (Lipinski definition) is 3. The molecule has 1 heterocycles. The molecular formula is C13H16N2O3. The summed E-state index contributed by atoms with van der Waals surface area (Å²) < 4.78 is 0. The van der Waals surface area contributed by atoms with Crippen LogP contribution < -0.4 is 5.73 Å². The predicted molar refractivity (Wildman–Crippen MR) is 65.7 cm³/mol. The minimum Gasteiger partial charge on any atom is -0.508 e.